The second-order valence-electron chi connectivity index (χ2n) is 6.52. The fourth-order valence-electron chi connectivity index (χ4n) is 2.92. The number of aromatic nitrogens is 2. The van der Waals surface area contributed by atoms with Crippen LogP contribution in [-0.4, -0.2) is 71.5 Å². The number of morpholine rings is 1. The maximum absolute atomic E-state index is 12.3. The third kappa shape index (κ3) is 5.21. The minimum atomic E-state index is -0.0484. The zero-order valence-electron chi connectivity index (χ0n) is 14.7. The Bertz CT molecular complexity index is 496. The van der Waals surface area contributed by atoms with Crippen LogP contribution in [0.5, 0.6) is 0 Å². The highest BCUT2D eigenvalue weighted by atomic mass is 16.5. The van der Waals surface area contributed by atoms with Crippen molar-refractivity contribution in [2.75, 3.05) is 39.9 Å². The molecule has 0 unspecified atom stereocenters. The number of carbonyl (C=O) groups excluding carboxylic acids is 1. The van der Waals surface area contributed by atoms with Gasteiger partial charge in [0.25, 0.3) is 0 Å². The van der Waals surface area contributed by atoms with Gasteiger partial charge in [0.2, 0.25) is 0 Å². The summed E-state index contributed by atoms with van der Waals surface area (Å²) < 4.78 is 7.16. The molecule has 0 radical (unpaired) electrons. The number of rotatable bonds is 6. The minimum absolute atomic E-state index is 0.0484. The number of carbonyl (C=O) groups is 1. The molecule has 130 valence electrons. The molecule has 1 saturated heterocycles. The maximum Gasteiger partial charge on any atom is 0.317 e. The van der Waals surface area contributed by atoms with E-state index in [4.69, 9.17) is 4.74 Å². The third-order valence-corrected chi connectivity index (χ3v) is 4.27. The van der Waals surface area contributed by atoms with Gasteiger partial charge in [0.15, 0.2) is 0 Å². The zero-order valence-corrected chi connectivity index (χ0v) is 14.7. The van der Waals surface area contributed by atoms with Gasteiger partial charge >= 0.3 is 6.03 Å². The smallest absolute Gasteiger partial charge is 0.317 e. The lowest BCUT2D eigenvalue weighted by molar-refractivity contribution is 0.00697. The summed E-state index contributed by atoms with van der Waals surface area (Å²) in [6.45, 7) is 9.04. The Morgan fingerprint density at radius 2 is 2.13 bits per heavy atom. The van der Waals surface area contributed by atoms with E-state index in [2.05, 4.69) is 29.2 Å². The first kappa shape index (κ1) is 17.7. The van der Waals surface area contributed by atoms with Gasteiger partial charge in [-0.25, -0.2) is 4.79 Å². The molecule has 1 N–H and O–H groups in total. The van der Waals surface area contributed by atoms with E-state index in [0.29, 0.717) is 25.0 Å². The molecule has 0 aliphatic carbocycles. The van der Waals surface area contributed by atoms with Gasteiger partial charge in [-0.1, -0.05) is 13.8 Å². The van der Waals surface area contributed by atoms with E-state index in [1.807, 2.05) is 13.2 Å². The summed E-state index contributed by atoms with van der Waals surface area (Å²) in [5.41, 5.74) is 1.03. The molecule has 7 nitrogen and oxygen atoms in total. The number of ether oxygens (including phenoxy) is 1. The summed E-state index contributed by atoms with van der Waals surface area (Å²) in [5, 5.41) is 7.19. The van der Waals surface area contributed by atoms with Crippen molar-refractivity contribution >= 4 is 6.03 Å². The lowest BCUT2D eigenvalue weighted by Gasteiger charge is -2.37. The van der Waals surface area contributed by atoms with Crippen LogP contribution in [0.2, 0.25) is 0 Å². The van der Waals surface area contributed by atoms with Gasteiger partial charge in [-0.15, -0.1) is 0 Å². The Morgan fingerprint density at radius 3 is 2.70 bits per heavy atom. The fourth-order valence-corrected chi connectivity index (χ4v) is 2.92. The second-order valence-corrected chi connectivity index (χ2v) is 6.52. The van der Waals surface area contributed by atoms with E-state index < -0.39 is 0 Å². The molecule has 0 aromatic carbocycles. The summed E-state index contributed by atoms with van der Waals surface area (Å²) in [6, 6.07) is 0.294. The molecule has 0 spiro atoms. The van der Waals surface area contributed by atoms with Crippen molar-refractivity contribution < 1.29 is 9.53 Å². The summed E-state index contributed by atoms with van der Waals surface area (Å²) in [7, 11) is 3.68. The molecule has 2 heterocycles. The quantitative estimate of drug-likeness (QED) is 0.845. The number of aryl methyl sites for hydroxylation is 1. The van der Waals surface area contributed by atoms with E-state index in [-0.39, 0.29) is 6.03 Å². The molecule has 2 rings (SSSR count). The van der Waals surface area contributed by atoms with Gasteiger partial charge in [-0.2, -0.15) is 5.10 Å². The van der Waals surface area contributed by atoms with E-state index in [1.165, 1.54) is 0 Å². The predicted octanol–water partition coefficient (Wildman–Crippen LogP) is 0.918. The monoisotopic (exact) mass is 323 g/mol. The topological polar surface area (TPSA) is 62.6 Å². The van der Waals surface area contributed by atoms with Crippen LogP contribution in [0, 0.1) is 5.92 Å². The number of nitrogens with zero attached hydrogens (tertiary/aromatic N) is 4. The summed E-state index contributed by atoms with van der Waals surface area (Å²) in [6.07, 6.45) is 3.71. The molecule has 0 saturated carbocycles. The van der Waals surface area contributed by atoms with Crippen LogP contribution >= 0.6 is 0 Å². The molecule has 2 amide bonds. The van der Waals surface area contributed by atoms with E-state index >= 15 is 0 Å². The number of urea groups is 1. The first-order chi connectivity index (χ1) is 11.0. The van der Waals surface area contributed by atoms with Crippen molar-refractivity contribution in [2.24, 2.45) is 13.0 Å². The number of amides is 2. The van der Waals surface area contributed by atoms with Gasteiger partial charge in [-0.3, -0.25) is 9.58 Å². The molecular weight excluding hydrogens is 294 g/mol. The Kier molecular flexibility index (Phi) is 6.41. The van der Waals surface area contributed by atoms with Gasteiger partial charge in [-0.05, 0) is 5.92 Å². The van der Waals surface area contributed by atoms with Crippen molar-refractivity contribution in [3.05, 3.63) is 18.0 Å². The highest BCUT2D eigenvalue weighted by Crippen LogP contribution is 2.12. The van der Waals surface area contributed by atoms with Crippen LogP contribution in [0.1, 0.15) is 19.4 Å². The number of hydrogen-bond acceptors (Lipinski definition) is 4. The molecule has 1 aromatic heterocycles. The lowest BCUT2D eigenvalue weighted by Crippen LogP contribution is -2.52. The highest BCUT2D eigenvalue weighted by Gasteiger charge is 2.24. The van der Waals surface area contributed by atoms with Crippen molar-refractivity contribution in [1.29, 1.82) is 0 Å². The summed E-state index contributed by atoms with van der Waals surface area (Å²) in [5.74, 6) is 0.483. The van der Waals surface area contributed by atoms with Crippen molar-refractivity contribution in [2.45, 2.75) is 26.4 Å². The van der Waals surface area contributed by atoms with Crippen LogP contribution < -0.4 is 5.32 Å². The van der Waals surface area contributed by atoms with Gasteiger partial charge in [0.05, 0.1) is 26.0 Å². The Morgan fingerprint density at radius 1 is 1.43 bits per heavy atom. The second kappa shape index (κ2) is 8.31. The molecule has 1 aromatic rings. The highest BCUT2D eigenvalue weighted by molar-refractivity contribution is 5.73. The molecule has 1 fully saturated rings. The van der Waals surface area contributed by atoms with Crippen LogP contribution in [-0.2, 0) is 18.3 Å². The predicted molar refractivity (Wildman–Crippen MR) is 89.1 cm³/mol. The van der Waals surface area contributed by atoms with E-state index in [0.717, 1.165) is 31.9 Å². The van der Waals surface area contributed by atoms with Crippen LogP contribution in [0.15, 0.2) is 12.4 Å². The molecule has 23 heavy (non-hydrogen) atoms. The first-order valence-corrected chi connectivity index (χ1v) is 8.25. The van der Waals surface area contributed by atoms with E-state index in [9.17, 15) is 4.79 Å². The third-order valence-electron chi connectivity index (χ3n) is 4.27. The molecule has 1 aliphatic rings. The maximum atomic E-state index is 12.3. The first-order valence-electron chi connectivity index (χ1n) is 8.25. The Labute approximate surface area is 138 Å². The lowest BCUT2D eigenvalue weighted by atomic mass is 10.0. The van der Waals surface area contributed by atoms with Crippen LogP contribution in [0.4, 0.5) is 4.79 Å². The Hall–Kier alpha value is -1.60. The van der Waals surface area contributed by atoms with Crippen molar-refractivity contribution in [3.63, 3.8) is 0 Å². The average Bonchev–Trinajstić information content (AvgIpc) is 2.93. The molecular formula is C16H29N5O2. The average molecular weight is 323 g/mol. The fraction of sp³-hybridized carbons (Fsp3) is 0.750. The summed E-state index contributed by atoms with van der Waals surface area (Å²) >= 11 is 0. The van der Waals surface area contributed by atoms with Crippen LogP contribution in [0.25, 0.3) is 0 Å². The largest absolute Gasteiger partial charge is 0.379 e. The van der Waals surface area contributed by atoms with Gasteiger partial charge < -0.3 is 15.0 Å². The summed E-state index contributed by atoms with van der Waals surface area (Å²) in [4.78, 5) is 16.4. The van der Waals surface area contributed by atoms with Crippen molar-refractivity contribution in [3.8, 4) is 0 Å². The normalized spacial score (nSPS) is 17.3. The minimum Gasteiger partial charge on any atom is -0.379 e. The molecule has 1 aliphatic heterocycles. The molecule has 7 heteroatoms. The van der Waals surface area contributed by atoms with E-state index in [1.54, 1.807) is 22.8 Å². The molecule has 1 atom stereocenters. The van der Waals surface area contributed by atoms with Gasteiger partial charge in [0, 0.05) is 51.5 Å². The van der Waals surface area contributed by atoms with Crippen LogP contribution in [0.3, 0.4) is 0 Å². The SMILES string of the molecule is CC(C)[C@H](CNC(=O)N(C)Cc1cnn(C)c1)N1CCOCC1. The number of hydrogen-bond donors (Lipinski definition) is 1. The standard InChI is InChI=1S/C16H29N5O2/c1-13(2)15(21-5-7-23-8-6-21)10-17-16(22)19(3)11-14-9-18-20(4)12-14/h9,12-13,15H,5-8,10-11H2,1-4H3,(H,17,22)/t15-/m0/s1. The molecule has 0 bridgehead atoms. The zero-order chi connectivity index (χ0) is 16.8. The van der Waals surface area contributed by atoms with Crippen molar-refractivity contribution in [1.82, 2.24) is 24.9 Å². The Balaban J connectivity index is 1.82. The van der Waals surface area contributed by atoms with Gasteiger partial charge in [0.1, 0.15) is 0 Å². The number of nitrogens with one attached hydrogen (secondary N) is 1.